The number of benzene rings is 1. The summed E-state index contributed by atoms with van der Waals surface area (Å²) >= 11 is 0. The number of amides is 1. The Morgan fingerprint density at radius 2 is 2.00 bits per heavy atom. The van der Waals surface area contributed by atoms with E-state index in [1.807, 2.05) is 20.8 Å². The van der Waals surface area contributed by atoms with E-state index in [1.165, 1.54) is 23.1 Å². The summed E-state index contributed by atoms with van der Waals surface area (Å²) in [6.45, 7) is 7.77. The topological polar surface area (TPSA) is 124 Å². The van der Waals surface area contributed by atoms with E-state index in [0.717, 1.165) is 18.4 Å². The Morgan fingerprint density at radius 1 is 1.33 bits per heavy atom. The van der Waals surface area contributed by atoms with Crippen molar-refractivity contribution in [1.29, 1.82) is 0 Å². The van der Waals surface area contributed by atoms with Crippen LogP contribution < -0.4 is 22.0 Å². The van der Waals surface area contributed by atoms with Gasteiger partial charge in [-0.15, -0.1) is 0 Å². The van der Waals surface area contributed by atoms with Crippen molar-refractivity contribution < 1.29 is 13.9 Å². The van der Waals surface area contributed by atoms with Gasteiger partial charge in [-0.3, -0.25) is 4.79 Å². The molecule has 0 spiro atoms. The maximum absolute atomic E-state index is 14.0. The largest absolute Gasteiger partial charge is 0.482 e. The molecule has 1 aromatic carbocycles. The van der Waals surface area contributed by atoms with Gasteiger partial charge >= 0.3 is 0 Å². The van der Waals surface area contributed by atoms with Crippen molar-refractivity contribution in [2.45, 2.75) is 52.7 Å². The number of likely N-dealkylation sites (N-methyl/N-ethyl adjacent to an activating group) is 1. The first kappa shape index (κ1) is 25.9. The second-order valence-electron chi connectivity index (χ2n) is 7.93. The highest BCUT2D eigenvalue weighted by Crippen LogP contribution is 2.29. The Balaban J connectivity index is 0.00000187. The lowest BCUT2D eigenvalue weighted by molar-refractivity contribution is 0.0800. The van der Waals surface area contributed by atoms with Gasteiger partial charge < -0.3 is 26.1 Å². The van der Waals surface area contributed by atoms with Crippen molar-refractivity contribution >= 4 is 11.7 Å². The normalized spacial score (nSPS) is 14.1. The lowest BCUT2D eigenvalue weighted by atomic mass is 10.0. The van der Waals surface area contributed by atoms with Crippen molar-refractivity contribution in [2.75, 3.05) is 19.3 Å². The second-order valence-corrected chi connectivity index (χ2v) is 7.93. The third-order valence-corrected chi connectivity index (χ3v) is 5.05. The van der Waals surface area contributed by atoms with Crippen LogP contribution in [0.3, 0.4) is 0 Å². The van der Waals surface area contributed by atoms with Crippen LogP contribution in [0.1, 0.15) is 61.2 Å². The molecule has 2 aromatic rings. The number of hydrogen-bond donors (Lipinski definition) is 3. The lowest BCUT2D eigenvalue weighted by Crippen LogP contribution is -2.34. The summed E-state index contributed by atoms with van der Waals surface area (Å²) in [6, 6.07) is 6.04. The molecule has 6 N–H and O–H groups in total. The number of carbonyl (C=O) groups is 1. The number of hydrazine groups is 1. The summed E-state index contributed by atoms with van der Waals surface area (Å²) in [7, 11) is 1.63. The second kappa shape index (κ2) is 11.5. The minimum absolute atomic E-state index is 0.181. The number of aromatic nitrogens is 1. The van der Waals surface area contributed by atoms with Gasteiger partial charge in [-0.1, -0.05) is 13.8 Å². The molecule has 1 aromatic heterocycles. The first-order valence-corrected chi connectivity index (χ1v) is 11.1. The van der Waals surface area contributed by atoms with Crippen LogP contribution in [0.15, 0.2) is 42.4 Å². The van der Waals surface area contributed by atoms with Crippen molar-refractivity contribution in [2.24, 2.45) is 11.6 Å². The first-order chi connectivity index (χ1) is 15.7. The monoisotopic (exact) mass is 458 g/mol. The molecule has 1 heterocycles. The Hall–Kier alpha value is -3.33. The van der Waals surface area contributed by atoms with E-state index in [0.29, 0.717) is 28.6 Å². The SMILES string of the molecule is CC.Cc1cnc(N)c(OC(C)c2cc(F)ccc2C(=O)N(C)C/C(N)=C/N(N)C2CC2)c1. The molecule has 1 fully saturated rings. The highest BCUT2D eigenvalue weighted by molar-refractivity contribution is 5.95. The molecule has 0 saturated heterocycles. The number of nitrogens with zero attached hydrogens (tertiary/aromatic N) is 3. The van der Waals surface area contributed by atoms with E-state index < -0.39 is 11.9 Å². The average Bonchev–Trinajstić information content (AvgIpc) is 3.62. The molecule has 1 aliphatic carbocycles. The summed E-state index contributed by atoms with van der Waals surface area (Å²) in [5.74, 6) is 5.73. The molecule has 33 heavy (non-hydrogen) atoms. The Labute approximate surface area is 195 Å². The number of nitrogen functional groups attached to an aromatic ring is 1. The fraction of sp³-hybridized carbons (Fsp3) is 0.417. The number of aryl methyl sites for hydroxylation is 1. The van der Waals surface area contributed by atoms with Gasteiger partial charge in [-0.05, 0) is 56.5 Å². The Kier molecular flexibility index (Phi) is 9.04. The molecule has 1 atom stereocenters. The number of ether oxygens (including phenoxy) is 1. The van der Waals surface area contributed by atoms with Crippen LogP contribution >= 0.6 is 0 Å². The van der Waals surface area contributed by atoms with Gasteiger partial charge in [-0.2, -0.15) is 0 Å². The number of anilines is 1. The molecule has 3 rings (SSSR count). The summed E-state index contributed by atoms with van der Waals surface area (Å²) in [5, 5.41) is 1.58. The minimum atomic E-state index is -0.642. The van der Waals surface area contributed by atoms with Gasteiger partial charge in [0.2, 0.25) is 0 Å². The zero-order valence-electron chi connectivity index (χ0n) is 20.0. The van der Waals surface area contributed by atoms with E-state index in [9.17, 15) is 9.18 Å². The van der Waals surface area contributed by atoms with Crippen LogP contribution in [0, 0.1) is 12.7 Å². The van der Waals surface area contributed by atoms with E-state index in [2.05, 4.69) is 4.98 Å². The van der Waals surface area contributed by atoms with Crippen LogP contribution in [0.2, 0.25) is 0 Å². The van der Waals surface area contributed by atoms with Crippen LogP contribution in [0.25, 0.3) is 0 Å². The van der Waals surface area contributed by atoms with E-state index in [4.69, 9.17) is 22.0 Å². The predicted octanol–water partition coefficient (Wildman–Crippen LogP) is 3.49. The van der Waals surface area contributed by atoms with Crippen molar-refractivity contribution in [1.82, 2.24) is 14.9 Å². The summed E-state index contributed by atoms with van der Waals surface area (Å²) < 4.78 is 19.9. The highest BCUT2D eigenvalue weighted by Gasteiger charge is 2.26. The summed E-state index contributed by atoms with van der Waals surface area (Å²) in [5.41, 5.74) is 14.0. The third kappa shape index (κ3) is 7.08. The molecular formula is C24H35FN6O2. The third-order valence-electron chi connectivity index (χ3n) is 5.05. The van der Waals surface area contributed by atoms with Crippen LogP contribution in [-0.2, 0) is 0 Å². The zero-order valence-corrected chi connectivity index (χ0v) is 20.0. The Bertz CT molecular complexity index is 993. The number of nitrogens with two attached hydrogens (primary N) is 3. The number of rotatable bonds is 8. The fourth-order valence-corrected chi connectivity index (χ4v) is 3.23. The van der Waals surface area contributed by atoms with E-state index in [1.54, 1.807) is 37.4 Å². The molecule has 1 aliphatic rings. The summed E-state index contributed by atoms with van der Waals surface area (Å²) in [6.07, 6.45) is 4.70. The quantitative estimate of drug-likeness (QED) is 0.409. The molecule has 180 valence electrons. The van der Waals surface area contributed by atoms with Crippen molar-refractivity contribution in [3.63, 3.8) is 0 Å². The van der Waals surface area contributed by atoms with Gasteiger partial charge in [0, 0.05) is 42.3 Å². The van der Waals surface area contributed by atoms with Gasteiger partial charge in [0.1, 0.15) is 11.9 Å². The molecule has 1 amide bonds. The highest BCUT2D eigenvalue weighted by atomic mass is 19.1. The molecular weight excluding hydrogens is 423 g/mol. The van der Waals surface area contributed by atoms with Gasteiger partial charge in [0.05, 0.1) is 6.54 Å². The van der Waals surface area contributed by atoms with Crippen LogP contribution in [-0.4, -0.2) is 40.4 Å². The predicted molar refractivity (Wildman–Crippen MR) is 128 cm³/mol. The van der Waals surface area contributed by atoms with Gasteiger partial charge in [0.25, 0.3) is 5.91 Å². The minimum Gasteiger partial charge on any atom is -0.482 e. The number of hydrogen-bond acceptors (Lipinski definition) is 7. The summed E-state index contributed by atoms with van der Waals surface area (Å²) in [4.78, 5) is 18.6. The number of pyridine rings is 1. The zero-order chi connectivity index (χ0) is 24.7. The lowest BCUT2D eigenvalue weighted by Gasteiger charge is -2.23. The van der Waals surface area contributed by atoms with E-state index in [-0.39, 0.29) is 18.3 Å². The maximum atomic E-state index is 14.0. The number of carbonyl (C=O) groups excluding carboxylic acids is 1. The molecule has 0 radical (unpaired) electrons. The smallest absolute Gasteiger partial charge is 0.254 e. The molecule has 8 nitrogen and oxygen atoms in total. The molecule has 0 aliphatic heterocycles. The van der Waals surface area contributed by atoms with Crippen LogP contribution in [0.5, 0.6) is 5.75 Å². The first-order valence-electron chi connectivity index (χ1n) is 11.1. The van der Waals surface area contributed by atoms with Crippen LogP contribution in [0.4, 0.5) is 10.2 Å². The standard InChI is InChI=1S/C22H29FN6O2.C2H6/c1-13-8-20(21(25)27-10-13)31-14(2)19-9-15(23)4-7-18(19)22(30)28(3)11-16(24)12-29(26)17-5-6-17;1-2/h4,7-10,12,14,17H,5-6,11,24,26H2,1-3H3,(H2,25,27);1-2H3/b16-12-;. The Morgan fingerprint density at radius 3 is 2.64 bits per heavy atom. The molecule has 9 heteroatoms. The molecule has 1 saturated carbocycles. The molecule has 1 unspecified atom stereocenters. The van der Waals surface area contributed by atoms with E-state index >= 15 is 0 Å². The number of halogens is 1. The molecule has 0 bridgehead atoms. The van der Waals surface area contributed by atoms with Crippen molar-refractivity contribution in [3.05, 3.63) is 64.9 Å². The van der Waals surface area contributed by atoms with Gasteiger partial charge in [0.15, 0.2) is 11.6 Å². The fourth-order valence-electron chi connectivity index (χ4n) is 3.23. The van der Waals surface area contributed by atoms with Gasteiger partial charge in [-0.25, -0.2) is 15.2 Å². The maximum Gasteiger partial charge on any atom is 0.254 e. The average molecular weight is 459 g/mol. The van der Waals surface area contributed by atoms with Crippen molar-refractivity contribution in [3.8, 4) is 5.75 Å².